The molecule has 156 valence electrons. The Kier molecular flexibility index (Phi) is 39.4. The first-order valence-electron chi connectivity index (χ1n) is 8.98. The quantitative estimate of drug-likeness (QED) is 0.256. The molecule has 1 aliphatic rings. The van der Waals surface area contributed by atoms with Gasteiger partial charge >= 0.3 is 21.7 Å². The minimum atomic E-state index is -0.970. The van der Waals surface area contributed by atoms with Crippen molar-refractivity contribution in [1.29, 1.82) is 0 Å². The van der Waals surface area contributed by atoms with Gasteiger partial charge in [-0.1, -0.05) is 62.8 Å². The van der Waals surface area contributed by atoms with Crippen molar-refractivity contribution < 1.29 is 21.7 Å². The Morgan fingerprint density at radius 2 is 1.00 bits per heavy atom. The zero-order chi connectivity index (χ0) is 21.5. The normalized spacial score (nSPS) is 11.9. The van der Waals surface area contributed by atoms with Crippen molar-refractivity contribution in [3.63, 3.8) is 0 Å². The van der Waals surface area contributed by atoms with E-state index in [9.17, 15) is 0 Å². The molecule has 0 amide bonds. The second-order valence-corrected chi connectivity index (χ2v) is 17.9. The molecule has 0 saturated heterocycles. The van der Waals surface area contributed by atoms with E-state index in [0.717, 1.165) is 6.42 Å². The van der Waals surface area contributed by atoms with Gasteiger partial charge in [-0.3, -0.25) is 6.08 Å². The number of allylic oxidation sites excluding steroid dienone is 6. The second kappa shape index (κ2) is 28.2. The van der Waals surface area contributed by atoms with E-state index in [1.54, 1.807) is 42.3 Å². The third kappa shape index (κ3) is 76.4. The molecular weight excluding hydrogens is 398 g/mol. The summed E-state index contributed by atoms with van der Waals surface area (Å²) in [6.45, 7) is 14.1. The minimum absolute atomic E-state index is 0. The van der Waals surface area contributed by atoms with Gasteiger partial charge in [0.05, 0.1) is 16.1 Å². The molecule has 1 aliphatic carbocycles. The van der Waals surface area contributed by atoms with Crippen LogP contribution in [0.15, 0.2) is 41.8 Å². The van der Waals surface area contributed by atoms with Crippen LogP contribution in [0, 0.1) is 6.08 Å². The van der Waals surface area contributed by atoms with Crippen LogP contribution >= 0.6 is 0 Å². The summed E-state index contributed by atoms with van der Waals surface area (Å²) in [5, 5.41) is 10.5. The second-order valence-electron chi connectivity index (χ2n) is 7.79. The van der Waals surface area contributed by atoms with Crippen LogP contribution in [0.4, 0.5) is 0 Å². The fraction of sp³-hybridized carbons (Fsp3) is 0.619. The van der Waals surface area contributed by atoms with E-state index >= 15 is 0 Å². The molecular formula is C21H45N3Si2Ti. The van der Waals surface area contributed by atoms with Crippen molar-refractivity contribution in [3.05, 3.63) is 63.8 Å². The predicted molar refractivity (Wildman–Crippen MR) is 132 cm³/mol. The average molecular weight is 444 g/mol. The third-order valence-electron chi connectivity index (χ3n) is 1.89. The molecule has 0 aromatic heterocycles. The van der Waals surface area contributed by atoms with Crippen LogP contribution in [-0.2, 0) is 21.7 Å². The third-order valence-corrected chi connectivity index (χ3v) is 4.27. The Bertz CT molecular complexity index is 330. The molecule has 6 heteroatoms. The van der Waals surface area contributed by atoms with Gasteiger partial charge in [-0.15, -0.1) is 6.42 Å². The van der Waals surface area contributed by atoms with Crippen molar-refractivity contribution in [2.75, 3.05) is 42.3 Å². The Hall–Kier alpha value is -0.0119. The van der Waals surface area contributed by atoms with Crippen molar-refractivity contribution in [2.24, 2.45) is 0 Å². The summed E-state index contributed by atoms with van der Waals surface area (Å²) < 4.78 is 0. The number of nitrogens with zero attached hydrogens (tertiary/aromatic N) is 3. The molecule has 0 atom stereocenters. The van der Waals surface area contributed by atoms with Gasteiger partial charge in [0.2, 0.25) is 0 Å². The fourth-order valence-corrected chi connectivity index (χ4v) is 2.41. The van der Waals surface area contributed by atoms with Crippen LogP contribution in [0.1, 0.15) is 6.42 Å². The molecule has 0 bridgehead atoms. The van der Waals surface area contributed by atoms with Crippen LogP contribution in [0.5, 0.6) is 0 Å². The molecule has 0 aromatic carbocycles. The van der Waals surface area contributed by atoms with Crippen LogP contribution in [-0.4, -0.2) is 58.4 Å². The van der Waals surface area contributed by atoms with Gasteiger partial charge in [-0.25, -0.2) is 12.2 Å². The van der Waals surface area contributed by atoms with Crippen LogP contribution in [0.2, 0.25) is 39.3 Å². The van der Waals surface area contributed by atoms with Crippen molar-refractivity contribution >= 4 is 16.1 Å². The van der Waals surface area contributed by atoms with Gasteiger partial charge in [0.25, 0.3) is 0 Å². The van der Waals surface area contributed by atoms with E-state index in [0.29, 0.717) is 0 Å². The van der Waals surface area contributed by atoms with Gasteiger partial charge in [0, 0.05) is 0 Å². The summed E-state index contributed by atoms with van der Waals surface area (Å²) in [4.78, 5) is 0. The molecule has 0 radical (unpaired) electrons. The first kappa shape index (κ1) is 37.7. The maximum atomic E-state index is 3.50. The molecule has 0 aliphatic heterocycles. The number of hydrogen-bond acceptors (Lipinski definition) is 0. The summed E-state index contributed by atoms with van der Waals surface area (Å²) in [7, 11) is 8.56. The molecule has 0 saturated carbocycles. The summed E-state index contributed by atoms with van der Waals surface area (Å²) in [6, 6.07) is 0. The molecule has 27 heavy (non-hydrogen) atoms. The first-order valence-corrected chi connectivity index (χ1v) is 16.1. The van der Waals surface area contributed by atoms with Gasteiger partial charge in [-0.05, 0) is 0 Å². The standard InChI is InChI=1S/C10H22Si2.C5H5.3C2H6N.Ti/c1-11(2,3)9-7-8-10-12(4,5)6;1-2-4-5-3-1;3*1-3-2;/h7-10H,1-6H3;1-3H,4H2;3*1-2H3;/q;4*-1;+4. The van der Waals surface area contributed by atoms with Gasteiger partial charge in [-0.2, -0.15) is 48.4 Å². The Morgan fingerprint density at radius 1 is 0.704 bits per heavy atom. The fourth-order valence-electron chi connectivity index (χ4n) is 1.03. The van der Waals surface area contributed by atoms with Gasteiger partial charge in [0.15, 0.2) is 0 Å². The maximum absolute atomic E-state index is 3.50. The molecule has 0 spiro atoms. The van der Waals surface area contributed by atoms with Crippen molar-refractivity contribution in [2.45, 2.75) is 45.7 Å². The zero-order valence-corrected chi connectivity index (χ0v) is 23.7. The van der Waals surface area contributed by atoms with E-state index < -0.39 is 16.1 Å². The number of rotatable bonds is 3. The minimum Gasteiger partial charge on any atom is -0.668 e. The molecule has 0 heterocycles. The molecule has 0 N–H and O–H groups in total. The summed E-state index contributed by atoms with van der Waals surface area (Å²) >= 11 is 0. The molecule has 3 nitrogen and oxygen atoms in total. The predicted octanol–water partition coefficient (Wildman–Crippen LogP) is 7.02. The monoisotopic (exact) mass is 443 g/mol. The van der Waals surface area contributed by atoms with Gasteiger partial charge < -0.3 is 16.0 Å². The molecule has 0 unspecified atom stereocenters. The van der Waals surface area contributed by atoms with Crippen LogP contribution in [0.3, 0.4) is 0 Å². The zero-order valence-electron chi connectivity index (χ0n) is 20.1. The Balaban J connectivity index is -0.0000000888. The molecule has 0 fully saturated rings. The van der Waals surface area contributed by atoms with Crippen molar-refractivity contribution in [1.82, 2.24) is 0 Å². The number of hydrogen-bond donors (Lipinski definition) is 0. The SMILES string of the molecule is C[N-]C.C[N-]C.C[N-]C.C[Si](C)(C)C=CC=C[Si](C)(C)C.[C-]1=CC=CC1.[Ti+4]. The summed E-state index contributed by atoms with van der Waals surface area (Å²) in [6.07, 6.45) is 14.5. The largest absolute Gasteiger partial charge is 4.00 e. The van der Waals surface area contributed by atoms with E-state index in [4.69, 9.17) is 0 Å². The van der Waals surface area contributed by atoms with E-state index in [-0.39, 0.29) is 21.7 Å². The van der Waals surface area contributed by atoms with Gasteiger partial charge in [0.1, 0.15) is 0 Å². The maximum Gasteiger partial charge on any atom is 4.00 e. The average Bonchev–Trinajstić information content (AvgIpc) is 3.04. The Labute approximate surface area is 189 Å². The molecule has 0 aromatic rings. The topological polar surface area (TPSA) is 42.3 Å². The van der Waals surface area contributed by atoms with E-state index in [2.05, 4.69) is 90.9 Å². The first-order chi connectivity index (χ1) is 11.9. The smallest absolute Gasteiger partial charge is 0.668 e. The van der Waals surface area contributed by atoms with E-state index in [1.165, 1.54) is 0 Å². The van der Waals surface area contributed by atoms with Crippen molar-refractivity contribution in [3.8, 4) is 0 Å². The Morgan fingerprint density at radius 3 is 1.11 bits per heavy atom. The summed E-state index contributed by atoms with van der Waals surface area (Å²) in [5.74, 6) is 0. The summed E-state index contributed by atoms with van der Waals surface area (Å²) in [5.41, 5.74) is 4.76. The van der Waals surface area contributed by atoms with Crippen LogP contribution < -0.4 is 0 Å². The molecule has 1 rings (SSSR count). The van der Waals surface area contributed by atoms with E-state index in [1.807, 2.05) is 12.2 Å². The van der Waals surface area contributed by atoms with Crippen LogP contribution in [0.25, 0.3) is 16.0 Å².